The zero-order valence-electron chi connectivity index (χ0n) is 15.6. The van der Waals surface area contributed by atoms with Gasteiger partial charge in [0.1, 0.15) is 0 Å². The van der Waals surface area contributed by atoms with Gasteiger partial charge < -0.3 is 4.90 Å². The topological polar surface area (TPSA) is 16.1 Å². The van der Waals surface area contributed by atoms with Crippen molar-refractivity contribution in [2.24, 2.45) is 0 Å². The molecule has 0 fully saturated rings. The van der Waals surface area contributed by atoms with Crippen molar-refractivity contribution in [1.29, 1.82) is 0 Å². The predicted molar refractivity (Wildman–Crippen MR) is 114 cm³/mol. The number of para-hydroxylation sites is 2. The molecule has 0 amide bonds. The number of hydrogen-bond donors (Lipinski definition) is 0. The predicted octanol–water partition coefficient (Wildman–Crippen LogP) is 6.84. The lowest BCUT2D eigenvalue weighted by atomic mass is 10.1. The second-order valence-electron chi connectivity index (χ2n) is 6.67. The molecule has 27 heavy (non-hydrogen) atoms. The van der Waals surface area contributed by atoms with Crippen LogP contribution >= 0.6 is 0 Å². The number of anilines is 3. The molecular formula is C25H22N2. The summed E-state index contributed by atoms with van der Waals surface area (Å²) in [6, 6.07) is 31.6. The average Bonchev–Trinajstić information content (AvgIpc) is 2.72. The molecule has 1 heterocycles. The second-order valence-corrected chi connectivity index (χ2v) is 6.67. The quantitative estimate of drug-likeness (QED) is 0.401. The Morgan fingerprint density at radius 1 is 0.630 bits per heavy atom. The Labute approximate surface area is 160 Å². The van der Waals surface area contributed by atoms with Crippen LogP contribution in [0.15, 0.2) is 97.2 Å². The van der Waals surface area contributed by atoms with Gasteiger partial charge in [0.2, 0.25) is 0 Å². The van der Waals surface area contributed by atoms with Crippen molar-refractivity contribution in [2.45, 2.75) is 13.8 Å². The minimum atomic E-state index is 0.980. The number of hydrogen-bond acceptors (Lipinski definition) is 2. The van der Waals surface area contributed by atoms with E-state index in [0.717, 1.165) is 16.9 Å². The maximum Gasteiger partial charge on any atom is 0.0702 e. The molecule has 2 heteroatoms. The third-order valence-corrected chi connectivity index (χ3v) is 4.78. The smallest absolute Gasteiger partial charge is 0.0702 e. The lowest BCUT2D eigenvalue weighted by Gasteiger charge is -2.28. The van der Waals surface area contributed by atoms with Crippen LogP contribution in [0.25, 0.3) is 11.3 Å². The van der Waals surface area contributed by atoms with Gasteiger partial charge in [-0.15, -0.1) is 0 Å². The van der Waals surface area contributed by atoms with Crippen LogP contribution in [0.4, 0.5) is 17.1 Å². The molecule has 0 aliphatic heterocycles. The maximum atomic E-state index is 4.51. The van der Waals surface area contributed by atoms with Crippen LogP contribution in [-0.4, -0.2) is 4.98 Å². The first-order chi connectivity index (χ1) is 13.2. The lowest BCUT2D eigenvalue weighted by molar-refractivity contribution is 1.22. The minimum Gasteiger partial charge on any atom is -0.310 e. The van der Waals surface area contributed by atoms with E-state index < -0.39 is 0 Å². The zero-order chi connectivity index (χ0) is 18.6. The van der Waals surface area contributed by atoms with E-state index in [2.05, 4.69) is 96.5 Å². The molecule has 0 radical (unpaired) electrons. The molecule has 0 bridgehead atoms. The van der Waals surface area contributed by atoms with Gasteiger partial charge in [0.15, 0.2) is 0 Å². The molecule has 1 aromatic heterocycles. The van der Waals surface area contributed by atoms with E-state index in [1.165, 1.54) is 22.5 Å². The van der Waals surface area contributed by atoms with Crippen molar-refractivity contribution in [3.63, 3.8) is 0 Å². The first kappa shape index (κ1) is 17.0. The van der Waals surface area contributed by atoms with Crippen LogP contribution in [0.1, 0.15) is 11.1 Å². The van der Waals surface area contributed by atoms with Gasteiger partial charge in [0, 0.05) is 28.8 Å². The monoisotopic (exact) mass is 350 g/mol. The highest BCUT2D eigenvalue weighted by Gasteiger charge is 2.16. The summed E-state index contributed by atoms with van der Waals surface area (Å²) < 4.78 is 0. The third kappa shape index (κ3) is 3.47. The Morgan fingerprint density at radius 3 is 1.85 bits per heavy atom. The Hall–Kier alpha value is -3.39. The number of nitrogens with zero attached hydrogens (tertiary/aromatic N) is 2. The summed E-state index contributed by atoms with van der Waals surface area (Å²) in [6.07, 6.45) is 1.84. The highest BCUT2D eigenvalue weighted by molar-refractivity contribution is 5.82. The molecule has 0 saturated heterocycles. The fourth-order valence-corrected chi connectivity index (χ4v) is 3.37. The van der Waals surface area contributed by atoms with Crippen LogP contribution in [0, 0.1) is 13.8 Å². The molecule has 4 rings (SSSR count). The molecule has 0 aliphatic carbocycles. The van der Waals surface area contributed by atoms with Crippen molar-refractivity contribution >= 4 is 17.1 Å². The van der Waals surface area contributed by atoms with Crippen molar-refractivity contribution in [2.75, 3.05) is 4.90 Å². The first-order valence-electron chi connectivity index (χ1n) is 9.17. The molecule has 4 aromatic rings. The molecule has 132 valence electrons. The van der Waals surface area contributed by atoms with Crippen LogP contribution < -0.4 is 4.90 Å². The zero-order valence-corrected chi connectivity index (χ0v) is 15.6. The third-order valence-electron chi connectivity index (χ3n) is 4.78. The van der Waals surface area contributed by atoms with Crippen LogP contribution in [0.5, 0.6) is 0 Å². The van der Waals surface area contributed by atoms with E-state index in [4.69, 9.17) is 0 Å². The highest BCUT2D eigenvalue weighted by atomic mass is 15.1. The number of aromatic nitrogens is 1. The van der Waals surface area contributed by atoms with Crippen LogP contribution in [0.2, 0.25) is 0 Å². The van der Waals surface area contributed by atoms with Gasteiger partial charge in [0.25, 0.3) is 0 Å². The highest BCUT2D eigenvalue weighted by Crippen LogP contribution is 2.39. The number of pyridine rings is 1. The molecule has 0 spiro atoms. The Morgan fingerprint density at radius 2 is 1.26 bits per heavy atom. The average molecular weight is 350 g/mol. The molecule has 0 saturated carbocycles. The first-order valence-corrected chi connectivity index (χ1v) is 9.17. The Balaban J connectivity index is 1.90. The molecule has 2 nitrogen and oxygen atoms in total. The van der Waals surface area contributed by atoms with Gasteiger partial charge in [-0.1, -0.05) is 54.6 Å². The van der Waals surface area contributed by atoms with E-state index in [9.17, 15) is 0 Å². The molecule has 3 aromatic carbocycles. The summed E-state index contributed by atoms with van der Waals surface area (Å²) in [4.78, 5) is 6.84. The fourth-order valence-electron chi connectivity index (χ4n) is 3.37. The fraction of sp³-hybridized carbons (Fsp3) is 0.0800. The minimum absolute atomic E-state index is 0.980. The molecular weight excluding hydrogens is 328 g/mol. The van der Waals surface area contributed by atoms with Gasteiger partial charge in [-0.25, -0.2) is 0 Å². The Kier molecular flexibility index (Phi) is 4.71. The van der Waals surface area contributed by atoms with Gasteiger partial charge in [0.05, 0.1) is 5.69 Å². The van der Waals surface area contributed by atoms with Gasteiger partial charge in [-0.2, -0.15) is 0 Å². The van der Waals surface area contributed by atoms with E-state index in [-0.39, 0.29) is 0 Å². The summed E-state index contributed by atoms with van der Waals surface area (Å²) in [6.45, 7) is 4.31. The maximum absolute atomic E-state index is 4.51. The van der Waals surface area contributed by atoms with Gasteiger partial charge in [-0.05, 0) is 61.4 Å². The van der Waals surface area contributed by atoms with Crippen molar-refractivity contribution in [1.82, 2.24) is 4.98 Å². The van der Waals surface area contributed by atoms with Gasteiger partial charge >= 0.3 is 0 Å². The lowest BCUT2D eigenvalue weighted by Crippen LogP contribution is -2.12. The molecule has 0 aliphatic rings. The van der Waals surface area contributed by atoms with Crippen LogP contribution in [-0.2, 0) is 0 Å². The second kappa shape index (κ2) is 7.46. The Bertz CT molecular complexity index is 1010. The number of rotatable bonds is 4. The number of aryl methyl sites for hydroxylation is 2. The van der Waals surface area contributed by atoms with E-state index in [1.54, 1.807) is 0 Å². The summed E-state index contributed by atoms with van der Waals surface area (Å²) in [7, 11) is 0. The molecule has 0 unspecified atom stereocenters. The summed E-state index contributed by atoms with van der Waals surface area (Å²) in [5, 5.41) is 0. The van der Waals surface area contributed by atoms with E-state index in [0.29, 0.717) is 0 Å². The van der Waals surface area contributed by atoms with Gasteiger partial charge in [-0.3, -0.25) is 4.98 Å². The molecule has 0 N–H and O–H groups in total. The largest absolute Gasteiger partial charge is 0.310 e. The van der Waals surface area contributed by atoms with Crippen molar-refractivity contribution in [3.05, 3.63) is 108 Å². The van der Waals surface area contributed by atoms with E-state index >= 15 is 0 Å². The SMILES string of the molecule is Cc1ccccc1N(c1cccc(-c2ccccn2)c1)c1ccccc1C. The standard InChI is InChI=1S/C25H22N2/c1-19-10-3-5-15-24(19)27(25-16-6-4-11-20(25)2)22-13-9-12-21(18-22)23-14-7-8-17-26-23/h3-18H,1-2H3. The van der Waals surface area contributed by atoms with Crippen LogP contribution in [0.3, 0.4) is 0 Å². The summed E-state index contributed by atoms with van der Waals surface area (Å²) >= 11 is 0. The van der Waals surface area contributed by atoms with Crippen molar-refractivity contribution < 1.29 is 0 Å². The normalized spacial score (nSPS) is 10.6. The van der Waals surface area contributed by atoms with Crippen molar-refractivity contribution in [3.8, 4) is 11.3 Å². The summed E-state index contributed by atoms with van der Waals surface area (Å²) in [5.74, 6) is 0. The van der Waals surface area contributed by atoms with E-state index in [1.807, 2.05) is 24.4 Å². The summed E-state index contributed by atoms with van der Waals surface area (Å²) in [5.41, 5.74) is 8.07. The number of benzene rings is 3. The molecule has 0 atom stereocenters.